The van der Waals surface area contributed by atoms with Gasteiger partial charge in [-0.05, 0) is 53.1 Å². The number of anilines is 2. The average molecular weight is 545 g/mol. The van der Waals surface area contributed by atoms with Crippen LogP contribution in [0.2, 0.25) is 5.02 Å². The highest BCUT2D eigenvalue weighted by atomic mass is 35.5. The van der Waals surface area contributed by atoms with Crippen LogP contribution in [0.1, 0.15) is 17.2 Å². The molecule has 0 bridgehead atoms. The summed E-state index contributed by atoms with van der Waals surface area (Å²) in [7, 11) is 4.59. The third-order valence-corrected chi connectivity index (χ3v) is 7.30. The standard InChI is InChI=1S/C31H29ClN2O5/c1-34-25-17-27(39-3)26(38-2)16-23(25)29(35)28(31(34)37)30(36)24(14-18-8-11-21(32)12-9-18)33-22-13-10-19-6-4-5-7-20(19)15-22/h4-13,15-17,24,29,33,35-36H,14H2,1-3H3. The smallest absolute Gasteiger partial charge is 0.260 e. The Morgan fingerprint density at radius 3 is 2.33 bits per heavy atom. The van der Waals surface area contributed by atoms with Crippen LogP contribution < -0.4 is 19.7 Å². The van der Waals surface area contributed by atoms with Crippen molar-refractivity contribution in [1.82, 2.24) is 0 Å². The van der Waals surface area contributed by atoms with E-state index in [0.717, 1.165) is 22.0 Å². The van der Waals surface area contributed by atoms with E-state index < -0.39 is 18.1 Å². The van der Waals surface area contributed by atoms with E-state index in [9.17, 15) is 15.0 Å². The van der Waals surface area contributed by atoms with E-state index in [4.69, 9.17) is 21.1 Å². The number of rotatable bonds is 7. The Morgan fingerprint density at radius 2 is 1.64 bits per heavy atom. The van der Waals surface area contributed by atoms with E-state index in [1.165, 1.54) is 19.1 Å². The van der Waals surface area contributed by atoms with Crippen molar-refractivity contribution < 1.29 is 24.5 Å². The van der Waals surface area contributed by atoms with Gasteiger partial charge in [0.15, 0.2) is 11.5 Å². The molecule has 200 valence electrons. The molecule has 1 aliphatic rings. The number of halogens is 1. The van der Waals surface area contributed by atoms with Gasteiger partial charge in [0.25, 0.3) is 5.91 Å². The van der Waals surface area contributed by atoms with Gasteiger partial charge in [-0.2, -0.15) is 0 Å². The Labute approximate surface area is 231 Å². The Balaban J connectivity index is 1.59. The molecule has 3 N–H and O–H groups in total. The summed E-state index contributed by atoms with van der Waals surface area (Å²) in [4.78, 5) is 14.9. The van der Waals surface area contributed by atoms with Gasteiger partial charge in [-0.3, -0.25) is 4.79 Å². The van der Waals surface area contributed by atoms with Crippen molar-refractivity contribution in [2.45, 2.75) is 18.6 Å². The Morgan fingerprint density at radius 1 is 0.974 bits per heavy atom. The summed E-state index contributed by atoms with van der Waals surface area (Å²) >= 11 is 6.09. The summed E-state index contributed by atoms with van der Waals surface area (Å²) in [6.45, 7) is 0. The van der Waals surface area contributed by atoms with Gasteiger partial charge in [0.05, 0.1) is 31.5 Å². The summed E-state index contributed by atoms with van der Waals surface area (Å²) in [5.74, 6) is 0.0752. The van der Waals surface area contributed by atoms with Crippen LogP contribution in [0, 0.1) is 0 Å². The highest BCUT2D eigenvalue weighted by molar-refractivity contribution is 6.30. The van der Waals surface area contributed by atoms with Crippen molar-refractivity contribution in [1.29, 1.82) is 0 Å². The number of aliphatic hydroxyl groups is 2. The molecule has 4 aromatic carbocycles. The number of hydrogen-bond acceptors (Lipinski definition) is 6. The van der Waals surface area contributed by atoms with Crippen molar-refractivity contribution in [3.63, 3.8) is 0 Å². The molecule has 7 nitrogen and oxygen atoms in total. The number of hydrogen-bond donors (Lipinski definition) is 3. The zero-order chi connectivity index (χ0) is 27.7. The average Bonchev–Trinajstić information content (AvgIpc) is 2.96. The maximum Gasteiger partial charge on any atom is 0.260 e. The number of methoxy groups -OCH3 is 2. The van der Waals surface area contributed by atoms with Crippen LogP contribution in [-0.2, 0) is 11.2 Å². The number of ether oxygens (including phenoxy) is 2. The second kappa shape index (κ2) is 10.9. The number of amides is 1. The molecule has 8 heteroatoms. The van der Waals surface area contributed by atoms with E-state index in [1.807, 2.05) is 54.6 Å². The third kappa shape index (κ3) is 5.11. The molecule has 2 atom stereocenters. The minimum Gasteiger partial charge on any atom is -0.509 e. The number of benzene rings is 4. The molecule has 0 spiro atoms. The first kappa shape index (κ1) is 26.4. The van der Waals surface area contributed by atoms with Crippen molar-refractivity contribution in [2.24, 2.45) is 0 Å². The monoisotopic (exact) mass is 544 g/mol. The summed E-state index contributed by atoms with van der Waals surface area (Å²) < 4.78 is 10.8. The number of carbonyl (C=O) groups is 1. The lowest BCUT2D eigenvalue weighted by molar-refractivity contribution is -0.116. The number of fused-ring (bicyclic) bond motifs is 2. The molecular formula is C31H29ClN2O5. The molecule has 2 unspecified atom stereocenters. The first-order valence-electron chi connectivity index (χ1n) is 12.5. The molecule has 0 aromatic heterocycles. The minimum absolute atomic E-state index is 0.107. The largest absolute Gasteiger partial charge is 0.509 e. The first-order chi connectivity index (χ1) is 18.8. The minimum atomic E-state index is -1.38. The fraction of sp³-hybridized carbons (Fsp3) is 0.194. The normalized spacial score (nSPS) is 17.0. The SMILES string of the molecule is COc1cc2c(cc1OC)N(C)C(=O)C(=C(O)C(Cc1ccc(Cl)cc1)Nc1ccc3ccccc3c1)C2O. The summed E-state index contributed by atoms with van der Waals surface area (Å²) in [6.07, 6.45) is -1.04. The molecular weight excluding hydrogens is 516 g/mol. The molecule has 0 saturated carbocycles. The van der Waals surface area contributed by atoms with Gasteiger partial charge in [-0.1, -0.05) is 54.1 Å². The maximum absolute atomic E-state index is 13.6. The van der Waals surface area contributed by atoms with Gasteiger partial charge in [0, 0.05) is 29.4 Å². The predicted molar refractivity (Wildman–Crippen MR) is 154 cm³/mol. The van der Waals surface area contributed by atoms with Gasteiger partial charge < -0.3 is 29.9 Å². The fourth-order valence-electron chi connectivity index (χ4n) is 4.95. The number of nitrogens with zero attached hydrogens (tertiary/aromatic N) is 1. The molecule has 1 amide bonds. The fourth-order valence-corrected chi connectivity index (χ4v) is 5.07. The van der Waals surface area contributed by atoms with Crippen molar-refractivity contribution in [2.75, 3.05) is 31.5 Å². The molecule has 4 aromatic rings. The van der Waals surface area contributed by atoms with Crippen LogP contribution in [0.3, 0.4) is 0 Å². The second-order valence-corrected chi connectivity index (χ2v) is 9.86. The molecule has 0 radical (unpaired) electrons. The van der Waals surface area contributed by atoms with Gasteiger partial charge in [-0.15, -0.1) is 0 Å². The molecule has 0 aliphatic carbocycles. The molecule has 1 aliphatic heterocycles. The number of aliphatic hydroxyl groups excluding tert-OH is 2. The van der Waals surface area contributed by atoms with Gasteiger partial charge in [0.1, 0.15) is 11.9 Å². The van der Waals surface area contributed by atoms with E-state index in [-0.39, 0.29) is 11.3 Å². The zero-order valence-corrected chi connectivity index (χ0v) is 22.6. The van der Waals surface area contributed by atoms with E-state index in [0.29, 0.717) is 34.2 Å². The molecule has 0 saturated heterocycles. The number of nitrogens with one attached hydrogen (secondary N) is 1. The van der Waals surface area contributed by atoms with E-state index in [1.54, 1.807) is 31.3 Å². The zero-order valence-electron chi connectivity index (χ0n) is 21.8. The second-order valence-electron chi connectivity index (χ2n) is 9.42. The van der Waals surface area contributed by atoms with Crippen LogP contribution in [0.25, 0.3) is 10.8 Å². The predicted octanol–water partition coefficient (Wildman–Crippen LogP) is 6.06. The molecule has 1 heterocycles. The topological polar surface area (TPSA) is 91.3 Å². The lowest BCUT2D eigenvalue weighted by Gasteiger charge is -2.33. The van der Waals surface area contributed by atoms with Crippen LogP contribution in [0.15, 0.2) is 90.2 Å². The van der Waals surface area contributed by atoms with Gasteiger partial charge in [-0.25, -0.2) is 0 Å². The first-order valence-corrected chi connectivity index (χ1v) is 12.8. The van der Waals surface area contributed by atoms with Crippen molar-refractivity contribution in [3.8, 4) is 11.5 Å². The van der Waals surface area contributed by atoms with E-state index in [2.05, 4.69) is 5.32 Å². The third-order valence-electron chi connectivity index (χ3n) is 7.05. The highest BCUT2D eigenvalue weighted by Crippen LogP contribution is 2.44. The number of carbonyl (C=O) groups excluding carboxylic acids is 1. The van der Waals surface area contributed by atoms with Gasteiger partial charge >= 0.3 is 0 Å². The maximum atomic E-state index is 13.6. The summed E-state index contributed by atoms with van der Waals surface area (Å²) in [6, 6.07) is 23.7. The van der Waals surface area contributed by atoms with Crippen molar-refractivity contribution >= 4 is 39.7 Å². The lowest BCUT2D eigenvalue weighted by atomic mass is 9.89. The molecule has 39 heavy (non-hydrogen) atoms. The number of likely N-dealkylation sites (N-methyl/N-ethyl adjacent to an activating group) is 1. The Kier molecular flexibility index (Phi) is 7.37. The molecule has 0 fully saturated rings. The summed E-state index contributed by atoms with van der Waals surface area (Å²) in [5, 5.41) is 29.2. The highest BCUT2D eigenvalue weighted by Gasteiger charge is 2.38. The quantitative estimate of drug-likeness (QED) is 0.194. The van der Waals surface area contributed by atoms with Crippen LogP contribution in [-0.4, -0.2) is 43.4 Å². The molecule has 5 rings (SSSR count). The Hall–Kier alpha value is -4.20. The lowest BCUT2D eigenvalue weighted by Crippen LogP contribution is -2.39. The van der Waals surface area contributed by atoms with Gasteiger partial charge in [0.2, 0.25) is 0 Å². The van der Waals surface area contributed by atoms with Crippen LogP contribution in [0.4, 0.5) is 11.4 Å². The van der Waals surface area contributed by atoms with E-state index >= 15 is 0 Å². The van der Waals surface area contributed by atoms with Crippen molar-refractivity contribution in [3.05, 3.63) is 106 Å². The van der Waals surface area contributed by atoms with Crippen LogP contribution in [0.5, 0.6) is 11.5 Å². The van der Waals surface area contributed by atoms with Crippen LogP contribution >= 0.6 is 11.6 Å². The summed E-state index contributed by atoms with van der Waals surface area (Å²) in [5.41, 5.74) is 2.44. The Bertz CT molecular complexity index is 1570.